The van der Waals surface area contributed by atoms with Gasteiger partial charge in [-0.25, -0.2) is 0 Å². The number of carbonyl (C=O) groups excluding carboxylic acids is 1. The molecule has 4 unspecified atom stereocenters. The molecule has 3 aliphatic heterocycles. The maximum atomic E-state index is 11.6. The van der Waals surface area contributed by atoms with Gasteiger partial charge in [0.05, 0.1) is 6.04 Å². The molecule has 68 valence electrons. The van der Waals surface area contributed by atoms with Crippen molar-refractivity contribution >= 4 is 5.78 Å². The van der Waals surface area contributed by atoms with Gasteiger partial charge in [-0.1, -0.05) is 6.92 Å². The normalized spacial score (nSPS) is 46.7. The highest BCUT2D eigenvalue weighted by Crippen LogP contribution is 2.34. The smallest absolute Gasteiger partial charge is 0.152 e. The molecule has 3 rings (SSSR count). The van der Waals surface area contributed by atoms with E-state index in [2.05, 4.69) is 18.7 Å². The number of piperidine rings is 3. The van der Waals surface area contributed by atoms with Gasteiger partial charge in [-0.3, -0.25) is 9.69 Å². The summed E-state index contributed by atoms with van der Waals surface area (Å²) in [4.78, 5) is 14.0. The van der Waals surface area contributed by atoms with Crippen LogP contribution in [0.3, 0.4) is 0 Å². The summed E-state index contributed by atoms with van der Waals surface area (Å²) in [6.07, 6.45) is 3.44. The summed E-state index contributed by atoms with van der Waals surface area (Å²) in [6.45, 7) is 5.44. The van der Waals surface area contributed by atoms with Crippen molar-refractivity contribution in [3.63, 3.8) is 0 Å². The average molecular weight is 167 g/mol. The molecule has 12 heavy (non-hydrogen) atoms. The van der Waals surface area contributed by atoms with Crippen molar-refractivity contribution in [1.29, 1.82) is 0 Å². The first kappa shape index (κ1) is 8.24. The summed E-state index contributed by atoms with van der Waals surface area (Å²) >= 11 is 0. The van der Waals surface area contributed by atoms with Crippen LogP contribution in [0.2, 0.25) is 0 Å². The van der Waals surface area contributed by atoms with E-state index in [0.29, 0.717) is 17.7 Å². The Bertz CT molecular complexity index is 198. The molecular formula is C10H17NO. The molecule has 0 radical (unpaired) electrons. The number of hydrogen-bond donors (Lipinski definition) is 0. The number of Topliss-reactive ketones (excluding diaryl/α,β-unsaturated/α-hetero) is 1. The van der Waals surface area contributed by atoms with Crippen LogP contribution in [0.25, 0.3) is 0 Å². The van der Waals surface area contributed by atoms with E-state index in [4.69, 9.17) is 0 Å². The van der Waals surface area contributed by atoms with Crippen molar-refractivity contribution in [2.45, 2.75) is 45.2 Å². The molecule has 4 atom stereocenters. The van der Waals surface area contributed by atoms with Gasteiger partial charge in [0, 0.05) is 12.0 Å². The second-order valence-electron chi connectivity index (χ2n) is 4.10. The molecule has 3 fully saturated rings. The molecule has 0 aliphatic carbocycles. The molecule has 0 saturated carbocycles. The van der Waals surface area contributed by atoms with Crippen LogP contribution in [0.1, 0.15) is 33.1 Å². The summed E-state index contributed by atoms with van der Waals surface area (Å²) in [5.74, 6) is 0.890. The molecule has 0 aromatic rings. The third kappa shape index (κ3) is 1.01. The van der Waals surface area contributed by atoms with E-state index in [0.717, 1.165) is 19.4 Å². The molecule has 3 aliphatic rings. The van der Waals surface area contributed by atoms with E-state index in [1.54, 1.807) is 0 Å². The summed E-state index contributed by atoms with van der Waals surface area (Å²) in [5.41, 5.74) is 0. The Morgan fingerprint density at radius 2 is 2.33 bits per heavy atom. The lowest BCUT2D eigenvalue weighted by Crippen LogP contribution is -2.58. The third-order valence-corrected chi connectivity index (χ3v) is 3.54. The number of nitrogens with zero attached hydrogens (tertiary/aromatic N) is 1. The maximum Gasteiger partial charge on any atom is 0.152 e. The molecule has 3 heterocycles. The van der Waals surface area contributed by atoms with Crippen LogP contribution >= 0.6 is 0 Å². The van der Waals surface area contributed by atoms with Crippen LogP contribution in [-0.4, -0.2) is 29.3 Å². The quantitative estimate of drug-likeness (QED) is 0.589. The summed E-state index contributed by atoms with van der Waals surface area (Å²) in [5, 5.41) is 0. The lowest BCUT2D eigenvalue weighted by Gasteiger charge is -2.48. The SMILES string of the molecule is CCC1CC2CCN1C(C)C2=O. The van der Waals surface area contributed by atoms with Gasteiger partial charge in [0.1, 0.15) is 0 Å². The van der Waals surface area contributed by atoms with Crippen LogP contribution in [0, 0.1) is 5.92 Å². The van der Waals surface area contributed by atoms with E-state index in [1.807, 2.05) is 0 Å². The Kier molecular flexibility index (Phi) is 1.95. The highest BCUT2D eigenvalue weighted by molar-refractivity contribution is 5.87. The molecule has 0 spiro atoms. The molecule has 0 aromatic carbocycles. The van der Waals surface area contributed by atoms with E-state index in [9.17, 15) is 4.79 Å². The molecule has 0 N–H and O–H groups in total. The summed E-state index contributed by atoms with van der Waals surface area (Å²) in [6, 6.07) is 0.902. The van der Waals surface area contributed by atoms with E-state index in [1.165, 1.54) is 6.42 Å². The zero-order valence-corrected chi connectivity index (χ0v) is 7.92. The number of fused-ring (bicyclic) bond motifs is 3. The van der Waals surface area contributed by atoms with E-state index in [-0.39, 0.29) is 6.04 Å². The minimum absolute atomic E-state index is 0.211. The van der Waals surface area contributed by atoms with Gasteiger partial charge >= 0.3 is 0 Å². The van der Waals surface area contributed by atoms with Gasteiger partial charge in [0.15, 0.2) is 5.78 Å². The lowest BCUT2D eigenvalue weighted by atomic mass is 9.78. The Balaban J connectivity index is 2.18. The van der Waals surface area contributed by atoms with Gasteiger partial charge in [-0.2, -0.15) is 0 Å². The van der Waals surface area contributed by atoms with Crippen LogP contribution in [0.15, 0.2) is 0 Å². The van der Waals surface area contributed by atoms with Crippen molar-refractivity contribution in [1.82, 2.24) is 4.90 Å². The molecule has 3 saturated heterocycles. The molecule has 2 bridgehead atoms. The first-order valence-corrected chi connectivity index (χ1v) is 5.03. The molecule has 2 nitrogen and oxygen atoms in total. The predicted octanol–water partition coefficient (Wildman–Crippen LogP) is 1.45. The Morgan fingerprint density at radius 3 is 2.92 bits per heavy atom. The van der Waals surface area contributed by atoms with Crippen LogP contribution < -0.4 is 0 Å². The predicted molar refractivity (Wildman–Crippen MR) is 48.0 cm³/mol. The highest BCUT2D eigenvalue weighted by Gasteiger charge is 2.42. The van der Waals surface area contributed by atoms with Gasteiger partial charge in [-0.05, 0) is 32.7 Å². The number of ketones is 1. The lowest BCUT2D eigenvalue weighted by molar-refractivity contribution is -0.139. The number of rotatable bonds is 1. The topological polar surface area (TPSA) is 20.3 Å². The zero-order chi connectivity index (χ0) is 8.72. The first-order chi connectivity index (χ1) is 5.74. The fourth-order valence-electron chi connectivity index (χ4n) is 2.74. The monoisotopic (exact) mass is 167 g/mol. The van der Waals surface area contributed by atoms with Gasteiger partial charge < -0.3 is 0 Å². The van der Waals surface area contributed by atoms with Gasteiger partial charge in [0.2, 0.25) is 0 Å². The van der Waals surface area contributed by atoms with Gasteiger partial charge in [-0.15, -0.1) is 0 Å². The minimum Gasteiger partial charge on any atom is -0.298 e. The van der Waals surface area contributed by atoms with Crippen molar-refractivity contribution in [3.8, 4) is 0 Å². The van der Waals surface area contributed by atoms with Crippen LogP contribution in [-0.2, 0) is 4.79 Å². The van der Waals surface area contributed by atoms with E-state index >= 15 is 0 Å². The third-order valence-electron chi connectivity index (χ3n) is 3.54. The van der Waals surface area contributed by atoms with Crippen LogP contribution in [0.5, 0.6) is 0 Å². The fraction of sp³-hybridized carbons (Fsp3) is 0.900. The first-order valence-electron chi connectivity index (χ1n) is 5.03. The fourth-order valence-corrected chi connectivity index (χ4v) is 2.74. The van der Waals surface area contributed by atoms with Crippen molar-refractivity contribution in [2.75, 3.05) is 6.54 Å². The summed E-state index contributed by atoms with van der Waals surface area (Å²) < 4.78 is 0. The molecule has 2 heteroatoms. The van der Waals surface area contributed by atoms with Gasteiger partial charge in [0.25, 0.3) is 0 Å². The van der Waals surface area contributed by atoms with E-state index < -0.39 is 0 Å². The number of carbonyl (C=O) groups is 1. The maximum absolute atomic E-state index is 11.6. The highest BCUT2D eigenvalue weighted by atomic mass is 16.1. The molecule has 0 amide bonds. The van der Waals surface area contributed by atoms with Crippen molar-refractivity contribution in [3.05, 3.63) is 0 Å². The zero-order valence-electron chi connectivity index (χ0n) is 7.92. The van der Waals surface area contributed by atoms with Crippen LogP contribution in [0.4, 0.5) is 0 Å². The van der Waals surface area contributed by atoms with Crippen molar-refractivity contribution < 1.29 is 4.79 Å². The second-order valence-corrected chi connectivity index (χ2v) is 4.10. The molecule has 0 aromatic heterocycles. The Hall–Kier alpha value is -0.370. The van der Waals surface area contributed by atoms with Crippen molar-refractivity contribution in [2.24, 2.45) is 5.92 Å². The second kappa shape index (κ2) is 2.84. The minimum atomic E-state index is 0.211. The Labute approximate surface area is 73.9 Å². The number of hydrogen-bond acceptors (Lipinski definition) is 2. The largest absolute Gasteiger partial charge is 0.298 e. The standard InChI is InChI=1S/C10H17NO/c1-3-9-6-8-4-5-11(9)7(2)10(8)12/h7-9H,3-6H2,1-2H3. The average Bonchev–Trinajstić information content (AvgIpc) is 2.12. The summed E-state index contributed by atoms with van der Waals surface area (Å²) in [7, 11) is 0. The molecular weight excluding hydrogens is 150 g/mol. The Morgan fingerprint density at radius 1 is 1.58 bits per heavy atom.